The lowest BCUT2D eigenvalue weighted by Gasteiger charge is -1.98. The molecule has 2 heterocycles. The number of nitrogens with zero attached hydrogens (tertiary/aromatic N) is 1. The van der Waals surface area contributed by atoms with E-state index >= 15 is 0 Å². The van der Waals surface area contributed by atoms with Gasteiger partial charge in [0.05, 0.1) is 17.4 Å². The van der Waals surface area contributed by atoms with Crippen molar-refractivity contribution in [3.63, 3.8) is 0 Å². The second kappa shape index (κ2) is 3.14. The van der Waals surface area contributed by atoms with Crippen LogP contribution in [0.2, 0.25) is 0 Å². The number of hydrogen-bond donors (Lipinski definition) is 0. The maximum absolute atomic E-state index is 11.3. The van der Waals surface area contributed by atoms with E-state index in [0.29, 0.717) is 5.56 Å². The SMILES string of the molecule is COC(=O)c1cncc2sccc12. The van der Waals surface area contributed by atoms with Crippen LogP contribution in [0.15, 0.2) is 23.8 Å². The van der Waals surface area contributed by atoms with Crippen molar-refractivity contribution in [1.29, 1.82) is 0 Å². The van der Waals surface area contributed by atoms with Crippen LogP contribution in [-0.2, 0) is 4.74 Å². The van der Waals surface area contributed by atoms with Gasteiger partial charge in [0.2, 0.25) is 0 Å². The molecule has 2 rings (SSSR count). The highest BCUT2D eigenvalue weighted by atomic mass is 32.1. The summed E-state index contributed by atoms with van der Waals surface area (Å²) in [5.41, 5.74) is 0.529. The fourth-order valence-corrected chi connectivity index (χ4v) is 1.94. The normalized spacial score (nSPS) is 10.2. The van der Waals surface area contributed by atoms with Crippen molar-refractivity contribution in [2.75, 3.05) is 7.11 Å². The Morgan fingerprint density at radius 1 is 1.54 bits per heavy atom. The lowest BCUT2D eigenvalue weighted by molar-refractivity contribution is 0.0602. The highest BCUT2D eigenvalue weighted by Gasteiger charge is 2.10. The zero-order valence-electron chi connectivity index (χ0n) is 6.98. The van der Waals surface area contributed by atoms with E-state index in [0.717, 1.165) is 10.1 Å². The molecule has 2 aromatic rings. The van der Waals surface area contributed by atoms with Crippen molar-refractivity contribution in [3.8, 4) is 0 Å². The van der Waals surface area contributed by atoms with Gasteiger partial charge in [-0.2, -0.15) is 0 Å². The Labute approximate surface area is 79.0 Å². The molecule has 0 unspecified atom stereocenters. The Balaban J connectivity index is 2.67. The van der Waals surface area contributed by atoms with E-state index in [-0.39, 0.29) is 5.97 Å². The number of ether oxygens (including phenoxy) is 1. The number of carbonyl (C=O) groups is 1. The molecule has 3 nitrogen and oxygen atoms in total. The first kappa shape index (κ1) is 8.19. The minimum atomic E-state index is -0.337. The minimum absolute atomic E-state index is 0.337. The summed E-state index contributed by atoms with van der Waals surface area (Å²) in [6, 6.07) is 1.90. The zero-order valence-corrected chi connectivity index (χ0v) is 7.80. The summed E-state index contributed by atoms with van der Waals surface area (Å²) in [7, 11) is 1.37. The molecular formula is C9H7NO2S. The van der Waals surface area contributed by atoms with E-state index < -0.39 is 0 Å². The zero-order chi connectivity index (χ0) is 9.26. The predicted octanol–water partition coefficient (Wildman–Crippen LogP) is 2.08. The van der Waals surface area contributed by atoms with Crippen LogP contribution in [0.5, 0.6) is 0 Å². The van der Waals surface area contributed by atoms with E-state index in [1.807, 2.05) is 11.4 Å². The first-order valence-corrected chi connectivity index (χ1v) is 4.60. The molecule has 0 aromatic carbocycles. The van der Waals surface area contributed by atoms with Gasteiger partial charge >= 0.3 is 5.97 Å². The molecule has 0 spiro atoms. The fraction of sp³-hybridized carbons (Fsp3) is 0.111. The summed E-state index contributed by atoms with van der Waals surface area (Å²) in [6.45, 7) is 0. The number of aromatic nitrogens is 1. The molecule has 13 heavy (non-hydrogen) atoms. The fourth-order valence-electron chi connectivity index (χ4n) is 1.17. The van der Waals surface area contributed by atoms with Crippen molar-refractivity contribution >= 4 is 27.4 Å². The molecule has 0 aliphatic rings. The maximum atomic E-state index is 11.3. The van der Waals surface area contributed by atoms with E-state index in [4.69, 9.17) is 0 Å². The summed E-state index contributed by atoms with van der Waals surface area (Å²) in [5, 5.41) is 2.84. The van der Waals surface area contributed by atoms with Crippen molar-refractivity contribution in [1.82, 2.24) is 4.98 Å². The Hall–Kier alpha value is -1.42. The Morgan fingerprint density at radius 2 is 2.38 bits per heavy atom. The molecular weight excluding hydrogens is 186 g/mol. The number of carbonyl (C=O) groups excluding carboxylic acids is 1. The number of esters is 1. The summed E-state index contributed by atoms with van der Waals surface area (Å²) < 4.78 is 5.64. The Bertz CT molecular complexity index is 450. The van der Waals surface area contributed by atoms with Gasteiger partial charge in [0, 0.05) is 17.8 Å². The van der Waals surface area contributed by atoms with Gasteiger partial charge < -0.3 is 4.74 Å². The molecule has 0 aliphatic heterocycles. The number of pyridine rings is 1. The van der Waals surface area contributed by atoms with Gasteiger partial charge in [0.15, 0.2) is 0 Å². The Kier molecular flexibility index (Phi) is 1.98. The summed E-state index contributed by atoms with van der Waals surface area (Å²) >= 11 is 1.56. The third-order valence-corrected chi connectivity index (χ3v) is 2.64. The van der Waals surface area contributed by atoms with Crippen LogP contribution in [0.25, 0.3) is 10.1 Å². The van der Waals surface area contributed by atoms with Gasteiger partial charge in [0.1, 0.15) is 0 Å². The summed E-state index contributed by atoms with van der Waals surface area (Å²) in [6.07, 6.45) is 3.27. The van der Waals surface area contributed by atoms with Crippen LogP contribution in [-0.4, -0.2) is 18.1 Å². The largest absolute Gasteiger partial charge is 0.465 e. The molecule has 0 bridgehead atoms. The first-order valence-electron chi connectivity index (χ1n) is 3.72. The molecule has 0 fully saturated rings. The molecule has 0 amide bonds. The first-order chi connectivity index (χ1) is 6.33. The molecule has 0 saturated carbocycles. The van der Waals surface area contributed by atoms with Crippen molar-refractivity contribution in [2.24, 2.45) is 0 Å². The molecule has 0 atom stereocenters. The highest BCUT2D eigenvalue weighted by molar-refractivity contribution is 7.17. The van der Waals surface area contributed by atoms with Crippen LogP contribution >= 0.6 is 11.3 Å². The van der Waals surface area contributed by atoms with E-state index in [1.165, 1.54) is 13.3 Å². The summed E-state index contributed by atoms with van der Waals surface area (Å²) in [5.74, 6) is -0.337. The van der Waals surface area contributed by atoms with Gasteiger partial charge in [-0.05, 0) is 11.4 Å². The van der Waals surface area contributed by atoms with Gasteiger partial charge in [-0.1, -0.05) is 0 Å². The maximum Gasteiger partial charge on any atom is 0.340 e. The van der Waals surface area contributed by atoms with E-state index in [2.05, 4.69) is 9.72 Å². The monoisotopic (exact) mass is 193 g/mol. The number of hydrogen-bond acceptors (Lipinski definition) is 4. The van der Waals surface area contributed by atoms with Crippen LogP contribution < -0.4 is 0 Å². The van der Waals surface area contributed by atoms with Crippen molar-refractivity contribution in [2.45, 2.75) is 0 Å². The van der Waals surface area contributed by atoms with Crippen LogP contribution in [0, 0.1) is 0 Å². The molecule has 0 radical (unpaired) electrons. The van der Waals surface area contributed by atoms with Crippen molar-refractivity contribution < 1.29 is 9.53 Å². The second-order valence-corrected chi connectivity index (χ2v) is 3.46. The average molecular weight is 193 g/mol. The lowest BCUT2D eigenvalue weighted by Crippen LogP contribution is -2.01. The molecule has 66 valence electrons. The smallest absolute Gasteiger partial charge is 0.340 e. The summed E-state index contributed by atoms with van der Waals surface area (Å²) in [4.78, 5) is 15.2. The number of fused-ring (bicyclic) bond motifs is 1. The van der Waals surface area contributed by atoms with Gasteiger partial charge in [-0.15, -0.1) is 11.3 Å². The lowest BCUT2D eigenvalue weighted by atomic mass is 10.2. The molecule has 0 aliphatic carbocycles. The number of methoxy groups -OCH3 is 1. The highest BCUT2D eigenvalue weighted by Crippen LogP contribution is 2.23. The van der Waals surface area contributed by atoms with Crippen LogP contribution in [0.3, 0.4) is 0 Å². The van der Waals surface area contributed by atoms with Gasteiger partial charge in [-0.25, -0.2) is 4.79 Å². The van der Waals surface area contributed by atoms with Crippen molar-refractivity contribution in [3.05, 3.63) is 29.4 Å². The molecule has 2 aromatic heterocycles. The third kappa shape index (κ3) is 1.29. The standard InChI is InChI=1S/C9H7NO2S/c1-12-9(11)7-4-10-5-8-6(7)2-3-13-8/h2-5H,1H3. The second-order valence-electron chi connectivity index (χ2n) is 2.51. The predicted molar refractivity (Wildman–Crippen MR) is 51.0 cm³/mol. The molecule has 0 saturated heterocycles. The molecule has 0 N–H and O–H groups in total. The molecule has 4 heteroatoms. The van der Waals surface area contributed by atoms with Crippen LogP contribution in [0.4, 0.5) is 0 Å². The Morgan fingerprint density at radius 3 is 3.15 bits per heavy atom. The van der Waals surface area contributed by atoms with Gasteiger partial charge in [-0.3, -0.25) is 4.98 Å². The van der Waals surface area contributed by atoms with E-state index in [1.54, 1.807) is 17.5 Å². The van der Waals surface area contributed by atoms with Gasteiger partial charge in [0.25, 0.3) is 0 Å². The number of rotatable bonds is 1. The minimum Gasteiger partial charge on any atom is -0.465 e. The topological polar surface area (TPSA) is 39.2 Å². The van der Waals surface area contributed by atoms with E-state index in [9.17, 15) is 4.79 Å². The third-order valence-electron chi connectivity index (χ3n) is 1.79. The average Bonchev–Trinajstić information content (AvgIpc) is 2.63. The number of thiophene rings is 1. The quantitative estimate of drug-likeness (QED) is 0.651. The van der Waals surface area contributed by atoms with Crippen LogP contribution in [0.1, 0.15) is 10.4 Å².